The molecule has 0 saturated heterocycles. The number of Topliss-reactive ketones (excluding diaryl/α,β-unsaturated/α-hetero) is 1. The molecule has 2 aromatic carbocycles. The normalized spacial score (nSPS) is 16.8. The van der Waals surface area contributed by atoms with E-state index in [1.54, 1.807) is 0 Å². The van der Waals surface area contributed by atoms with Gasteiger partial charge in [0.05, 0.1) is 6.10 Å². The molecule has 0 radical (unpaired) electrons. The molecule has 3 rings (SSSR count). The Morgan fingerprint density at radius 2 is 1.81 bits per heavy atom. The fourth-order valence-electron chi connectivity index (χ4n) is 3.00. The second kappa shape index (κ2) is 5.72. The van der Waals surface area contributed by atoms with E-state index in [-0.39, 0.29) is 17.8 Å². The Hall–Kier alpha value is -2.09. The standard InChI is InChI=1S/C19H20O2/c1-13(2)21-16-10-7-15(8-11-16)19(20)18-12-9-14-5-3-4-6-17(14)18/h3-8,10-11,13,18H,9,12H2,1-2H3. The van der Waals surface area contributed by atoms with Gasteiger partial charge in [0.2, 0.25) is 0 Å². The van der Waals surface area contributed by atoms with Crippen molar-refractivity contribution in [1.82, 2.24) is 0 Å². The zero-order valence-electron chi connectivity index (χ0n) is 12.5. The Morgan fingerprint density at radius 1 is 1.10 bits per heavy atom. The summed E-state index contributed by atoms with van der Waals surface area (Å²) in [4.78, 5) is 12.7. The van der Waals surface area contributed by atoms with E-state index >= 15 is 0 Å². The van der Waals surface area contributed by atoms with Crippen LogP contribution in [0.1, 0.15) is 47.7 Å². The van der Waals surface area contributed by atoms with Crippen LogP contribution in [0.15, 0.2) is 48.5 Å². The molecule has 0 fully saturated rings. The largest absolute Gasteiger partial charge is 0.491 e. The molecule has 21 heavy (non-hydrogen) atoms. The van der Waals surface area contributed by atoms with E-state index in [0.717, 1.165) is 24.2 Å². The van der Waals surface area contributed by atoms with Crippen molar-refractivity contribution in [3.63, 3.8) is 0 Å². The maximum atomic E-state index is 12.7. The van der Waals surface area contributed by atoms with Gasteiger partial charge in [-0.05, 0) is 62.1 Å². The van der Waals surface area contributed by atoms with E-state index in [2.05, 4.69) is 12.1 Å². The number of rotatable bonds is 4. The molecule has 1 atom stereocenters. The molecule has 1 aliphatic rings. The van der Waals surface area contributed by atoms with E-state index in [1.165, 1.54) is 11.1 Å². The second-order valence-corrected chi connectivity index (χ2v) is 5.85. The van der Waals surface area contributed by atoms with Gasteiger partial charge in [-0.1, -0.05) is 24.3 Å². The molecule has 0 aromatic heterocycles. The van der Waals surface area contributed by atoms with Crippen molar-refractivity contribution >= 4 is 5.78 Å². The monoisotopic (exact) mass is 280 g/mol. The van der Waals surface area contributed by atoms with E-state index in [4.69, 9.17) is 4.74 Å². The number of ether oxygens (including phenoxy) is 1. The number of benzene rings is 2. The summed E-state index contributed by atoms with van der Waals surface area (Å²) in [5.74, 6) is 1.04. The van der Waals surface area contributed by atoms with Crippen LogP contribution in [-0.4, -0.2) is 11.9 Å². The highest BCUT2D eigenvalue weighted by molar-refractivity contribution is 6.01. The third kappa shape index (κ3) is 2.85. The van der Waals surface area contributed by atoms with Crippen LogP contribution in [0.3, 0.4) is 0 Å². The lowest BCUT2D eigenvalue weighted by Crippen LogP contribution is -2.10. The van der Waals surface area contributed by atoms with Crippen LogP contribution >= 0.6 is 0 Å². The fourth-order valence-corrected chi connectivity index (χ4v) is 3.00. The number of aryl methyl sites for hydroxylation is 1. The maximum absolute atomic E-state index is 12.7. The van der Waals surface area contributed by atoms with Gasteiger partial charge < -0.3 is 4.74 Å². The summed E-state index contributed by atoms with van der Waals surface area (Å²) >= 11 is 0. The predicted molar refractivity (Wildman–Crippen MR) is 84.0 cm³/mol. The Labute approximate surface area is 125 Å². The Kier molecular flexibility index (Phi) is 3.78. The van der Waals surface area contributed by atoms with Crippen LogP contribution in [-0.2, 0) is 6.42 Å². The topological polar surface area (TPSA) is 26.3 Å². The molecule has 0 amide bonds. The smallest absolute Gasteiger partial charge is 0.170 e. The Morgan fingerprint density at radius 3 is 2.52 bits per heavy atom. The zero-order chi connectivity index (χ0) is 14.8. The van der Waals surface area contributed by atoms with Gasteiger partial charge >= 0.3 is 0 Å². The van der Waals surface area contributed by atoms with Crippen LogP contribution < -0.4 is 4.74 Å². The first-order valence-corrected chi connectivity index (χ1v) is 7.54. The quantitative estimate of drug-likeness (QED) is 0.777. The van der Waals surface area contributed by atoms with Gasteiger partial charge in [0.1, 0.15) is 5.75 Å². The molecule has 2 nitrogen and oxygen atoms in total. The lowest BCUT2D eigenvalue weighted by atomic mass is 9.92. The van der Waals surface area contributed by atoms with Crippen LogP contribution in [0, 0.1) is 0 Å². The first-order valence-electron chi connectivity index (χ1n) is 7.54. The van der Waals surface area contributed by atoms with Crippen molar-refractivity contribution in [1.29, 1.82) is 0 Å². The molecule has 0 N–H and O–H groups in total. The van der Waals surface area contributed by atoms with Gasteiger partial charge in [0.25, 0.3) is 0 Å². The van der Waals surface area contributed by atoms with Crippen molar-refractivity contribution in [3.05, 3.63) is 65.2 Å². The average molecular weight is 280 g/mol. The van der Waals surface area contributed by atoms with E-state index in [0.29, 0.717) is 0 Å². The molecule has 2 aromatic rings. The molecular weight excluding hydrogens is 260 g/mol. The molecule has 0 saturated carbocycles. The fraction of sp³-hybridized carbons (Fsp3) is 0.316. The zero-order valence-corrected chi connectivity index (χ0v) is 12.5. The molecule has 0 heterocycles. The Balaban J connectivity index is 1.80. The highest BCUT2D eigenvalue weighted by Crippen LogP contribution is 2.35. The minimum atomic E-state index is 0.0121. The van der Waals surface area contributed by atoms with Crippen molar-refractivity contribution in [3.8, 4) is 5.75 Å². The Bertz CT molecular complexity index is 641. The summed E-state index contributed by atoms with van der Waals surface area (Å²) in [6.07, 6.45) is 2.07. The molecule has 108 valence electrons. The number of ketones is 1. The highest BCUT2D eigenvalue weighted by Gasteiger charge is 2.28. The minimum absolute atomic E-state index is 0.0121. The van der Waals surface area contributed by atoms with Gasteiger partial charge in [-0.2, -0.15) is 0 Å². The van der Waals surface area contributed by atoms with Crippen molar-refractivity contribution in [2.45, 2.75) is 38.7 Å². The summed E-state index contributed by atoms with van der Waals surface area (Å²) in [7, 11) is 0. The first kappa shape index (κ1) is 13.9. The van der Waals surface area contributed by atoms with Gasteiger partial charge in [-0.25, -0.2) is 0 Å². The molecule has 0 spiro atoms. The minimum Gasteiger partial charge on any atom is -0.491 e. The lowest BCUT2D eigenvalue weighted by molar-refractivity contribution is 0.0959. The van der Waals surface area contributed by atoms with Crippen LogP contribution in [0.4, 0.5) is 0 Å². The predicted octanol–water partition coefficient (Wildman–Crippen LogP) is 4.39. The number of fused-ring (bicyclic) bond motifs is 1. The molecule has 1 unspecified atom stereocenters. The second-order valence-electron chi connectivity index (χ2n) is 5.85. The van der Waals surface area contributed by atoms with Crippen molar-refractivity contribution in [2.24, 2.45) is 0 Å². The third-order valence-electron chi connectivity index (χ3n) is 3.96. The summed E-state index contributed by atoms with van der Waals surface area (Å²) in [6, 6.07) is 15.8. The van der Waals surface area contributed by atoms with Gasteiger partial charge in [0, 0.05) is 11.5 Å². The van der Waals surface area contributed by atoms with Crippen LogP contribution in [0.25, 0.3) is 0 Å². The van der Waals surface area contributed by atoms with Crippen LogP contribution in [0.5, 0.6) is 5.75 Å². The molecule has 2 heteroatoms. The maximum Gasteiger partial charge on any atom is 0.170 e. The number of carbonyl (C=O) groups is 1. The number of hydrogen-bond acceptors (Lipinski definition) is 2. The van der Waals surface area contributed by atoms with Crippen LogP contribution in [0.2, 0.25) is 0 Å². The average Bonchev–Trinajstić information content (AvgIpc) is 2.90. The van der Waals surface area contributed by atoms with Crippen molar-refractivity contribution in [2.75, 3.05) is 0 Å². The summed E-state index contributed by atoms with van der Waals surface area (Å²) < 4.78 is 5.62. The summed E-state index contributed by atoms with van der Waals surface area (Å²) in [5, 5.41) is 0. The summed E-state index contributed by atoms with van der Waals surface area (Å²) in [5.41, 5.74) is 3.29. The van der Waals surface area contributed by atoms with Gasteiger partial charge in [-0.15, -0.1) is 0 Å². The van der Waals surface area contributed by atoms with E-state index in [1.807, 2.05) is 50.2 Å². The van der Waals surface area contributed by atoms with Crippen molar-refractivity contribution < 1.29 is 9.53 Å². The molecule has 0 bridgehead atoms. The number of hydrogen-bond donors (Lipinski definition) is 0. The molecule has 0 aliphatic heterocycles. The molecule has 1 aliphatic carbocycles. The van der Waals surface area contributed by atoms with Gasteiger partial charge in [0.15, 0.2) is 5.78 Å². The third-order valence-corrected chi connectivity index (χ3v) is 3.96. The lowest BCUT2D eigenvalue weighted by Gasteiger charge is -2.12. The van der Waals surface area contributed by atoms with E-state index < -0.39 is 0 Å². The summed E-state index contributed by atoms with van der Waals surface area (Å²) in [6.45, 7) is 3.99. The highest BCUT2D eigenvalue weighted by atomic mass is 16.5. The number of carbonyl (C=O) groups excluding carboxylic acids is 1. The van der Waals surface area contributed by atoms with Gasteiger partial charge in [-0.3, -0.25) is 4.79 Å². The molecular formula is C19H20O2. The van der Waals surface area contributed by atoms with E-state index in [9.17, 15) is 4.79 Å². The SMILES string of the molecule is CC(C)Oc1ccc(C(=O)C2CCc3ccccc32)cc1. The first-order chi connectivity index (χ1) is 10.1.